The van der Waals surface area contributed by atoms with Crippen LogP contribution in [0.3, 0.4) is 0 Å². The number of hydrogen-bond donors (Lipinski definition) is 1. The van der Waals surface area contributed by atoms with Crippen LogP contribution in [0.15, 0.2) is 0 Å². The Morgan fingerprint density at radius 3 is 2.93 bits per heavy atom. The molecule has 0 aliphatic carbocycles. The fourth-order valence-electron chi connectivity index (χ4n) is 2.76. The summed E-state index contributed by atoms with van der Waals surface area (Å²) in [6, 6.07) is -0.299. The van der Waals surface area contributed by atoms with E-state index in [-0.39, 0.29) is 6.04 Å². The Balaban J connectivity index is 1.96. The molecular weight excluding hydrogens is 194 g/mol. The highest BCUT2D eigenvalue weighted by Crippen LogP contribution is 2.30. The fraction of sp³-hybridized carbons (Fsp3) is 0.909. The number of likely N-dealkylation sites (tertiary alicyclic amines) is 1. The van der Waals surface area contributed by atoms with E-state index in [0.717, 1.165) is 32.7 Å². The molecule has 15 heavy (non-hydrogen) atoms. The van der Waals surface area contributed by atoms with Gasteiger partial charge in [-0.2, -0.15) is 0 Å². The molecule has 1 N–H and O–H groups in total. The van der Waals surface area contributed by atoms with Crippen LogP contribution in [0, 0.1) is 11.8 Å². The highest BCUT2D eigenvalue weighted by molar-refractivity contribution is 5.73. The van der Waals surface area contributed by atoms with Gasteiger partial charge < -0.3 is 9.84 Å². The van der Waals surface area contributed by atoms with Crippen LogP contribution in [0.1, 0.15) is 19.8 Å². The van der Waals surface area contributed by atoms with Gasteiger partial charge in [-0.25, -0.2) is 0 Å². The number of carboxylic acid groups (broad SMARTS) is 1. The van der Waals surface area contributed by atoms with Crippen molar-refractivity contribution in [1.29, 1.82) is 0 Å². The first-order chi connectivity index (χ1) is 7.22. The van der Waals surface area contributed by atoms with Crippen molar-refractivity contribution in [3.05, 3.63) is 0 Å². The van der Waals surface area contributed by atoms with Crippen molar-refractivity contribution in [1.82, 2.24) is 4.90 Å². The second-order valence-corrected chi connectivity index (χ2v) is 4.60. The van der Waals surface area contributed by atoms with E-state index in [1.165, 1.54) is 0 Å². The van der Waals surface area contributed by atoms with Crippen LogP contribution in [0.2, 0.25) is 0 Å². The molecule has 2 saturated heterocycles. The van der Waals surface area contributed by atoms with Crippen molar-refractivity contribution < 1.29 is 14.6 Å². The normalized spacial score (nSPS) is 33.7. The van der Waals surface area contributed by atoms with Crippen LogP contribution in [0.25, 0.3) is 0 Å². The first-order valence-electron chi connectivity index (χ1n) is 5.77. The molecule has 0 amide bonds. The van der Waals surface area contributed by atoms with E-state index in [9.17, 15) is 4.79 Å². The molecule has 2 heterocycles. The minimum Gasteiger partial charge on any atom is -0.480 e. The number of hydrogen-bond acceptors (Lipinski definition) is 3. The van der Waals surface area contributed by atoms with Gasteiger partial charge in [-0.1, -0.05) is 6.92 Å². The van der Waals surface area contributed by atoms with Crippen LogP contribution in [0.5, 0.6) is 0 Å². The molecular formula is C11H19NO3. The molecule has 0 aromatic carbocycles. The fourth-order valence-corrected chi connectivity index (χ4v) is 2.76. The maximum Gasteiger partial charge on any atom is 0.320 e. The van der Waals surface area contributed by atoms with Gasteiger partial charge in [0.25, 0.3) is 0 Å². The lowest BCUT2D eigenvalue weighted by molar-refractivity contribution is -0.144. The predicted octanol–water partition coefficient (Wildman–Crippen LogP) is 0.818. The van der Waals surface area contributed by atoms with Gasteiger partial charge in [0.15, 0.2) is 0 Å². The minimum absolute atomic E-state index is 0.299. The van der Waals surface area contributed by atoms with E-state index >= 15 is 0 Å². The van der Waals surface area contributed by atoms with E-state index in [2.05, 4.69) is 4.90 Å². The highest BCUT2D eigenvalue weighted by atomic mass is 16.5. The maximum atomic E-state index is 11.0. The van der Waals surface area contributed by atoms with Gasteiger partial charge in [0.1, 0.15) is 6.04 Å². The number of rotatable bonds is 3. The minimum atomic E-state index is -0.685. The van der Waals surface area contributed by atoms with Gasteiger partial charge in [-0.15, -0.1) is 0 Å². The third kappa shape index (κ3) is 2.16. The zero-order valence-corrected chi connectivity index (χ0v) is 9.19. The summed E-state index contributed by atoms with van der Waals surface area (Å²) in [5, 5.41) is 9.09. The smallest absolute Gasteiger partial charge is 0.320 e. The number of nitrogens with zero attached hydrogens (tertiary/aromatic N) is 1. The average Bonchev–Trinajstić information content (AvgIpc) is 2.65. The van der Waals surface area contributed by atoms with Crippen LogP contribution < -0.4 is 0 Å². The maximum absolute atomic E-state index is 11.0. The Kier molecular flexibility index (Phi) is 3.26. The monoisotopic (exact) mass is 213 g/mol. The van der Waals surface area contributed by atoms with Crippen LogP contribution >= 0.6 is 0 Å². The third-order valence-electron chi connectivity index (χ3n) is 3.70. The zero-order valence-electron chi connectivity index (χ0n) is 9.19. The van der Waals surface area contributed by atoms with E-state index in [1.54, 1.807) is 0 Å². The molecule has 2 rings (SSSR count). The summed E-state index contributed by atoms with van der Waals surface area (Å²) in [5.74, 6) is 0.551. The molecule has 86 valence electrons. The SMILES string of the molecule is CCC(C(=O)O)N1CCC2COCC2C1. The van der Waals surface area contributed by atoms with E-state index in [1.807, 2.05) is 6.92 Å². The Bertz CT molecular complexity index is 244. The zero-order chi connectivity index (χ0) is 10.8. The lowest BCUT2D eigenvalue weighted by atomic mass is 9.88. The Hall–Kier alpha value is -0.610. The second-order valence-electron chi connectivity index (χ2n) is 4.60. The van der Waals surface area contributed by atoms with Gasteiger partial charge in [0, 0.05) is 19.1 Å². The molecule has 0 spiro atoms. The predicted molar refractivity (Wildman–Crippen MR) is 55.7 cm³/mol. The van der Waals surface area contributed by atoms with Crippen molar-refractivity contribution in [2.24, 2.45) is 11.8 Å². The van der Waals surface area contributed by atoms with Crippen molar-refractivity contribution in [3.8, 4) is 0 Å². The molecule has 0 bridgehead atoms. The number of fused-ring (bicyclic) bond motifs is 1. The first-order valence-corrected chi connectivity index (χ1v) is 5.77. The van der Waals surface area contributed by atoms with Crippen molar-refractivity contribution in [2.75, 3.05) is 26.3 Å². The quantitative estimate of drug-likeness (QED) is 0.754. The summed E-state index contributed by atoms with van der Waals surface area (Å²) in [7, 11) is 0. The summed E-state index contributed by atoms with van der Waals surface area (Å²) in [5.41, 5.74) is 0. The van der Waals surface area contributed by atoms with E-state index in [0.29, 0.717) is 18.3 Å². The van der Waals surface area contributed by atoms with Gasteiger partial charge >= 0.3 is 5.97 Å². The number of ether oxygens (including phenoxy) is 1. The van der Waals surface area contributed by atoms with Crippen LogP contribution in [-0.2, 0) is 9.53 Å². The summed E-state index contributed by atoms with van der Waals surface area (Å²) in [6.45, 7) is 5.44. The Morgan fingerprint density at radius 1 is 1.53 bits per heavy atom. The molecule has 0 aromatic heterocycles. The van der Waals surface area contributed by atoms with Gasteiger partial charge in [-0.05, 0) is 25.3 Å². The summed E-state index contributed by atoms with van der Waals surface area (Å²) < 4.78 is 5.44. The molecule has 3 unspecified atom stereocenters. The van der Waals surface area contributed by atoms with Gasteiger partial charge in [0.2, 0.25) is 0 Å². The molecule has 3 atom stereocenters. The van der Waals surface area contributed by atoms with Crippen molar-refractivity contribution in [3.63, 3.8) is 0 Å². The topological polar surface area (TPSA) is 49.8 Å². The number of piperidine rings is 1. The van der Waals surface area contributed by atoms with E-state index in [4.69, 9.17) is 9.84 Å². The molecule has 0 aromatic rings. The largest absolute Gasteiger partial charge is 0.480 e. The second kappa shape index (κ2) is 4.49. The summed E-state index contributed by atoms with van der Waals surface area (Å²) >= 11 is 0. The molecule has 2 aliphatic rings. The highest BCUT2D eigenvalue weighted by Gasteiger charge is 2.37. The Labute approximate surface area is 90.2 Å². The first kappa shape index (κ1) is 10.9. The summed E-state index contributed by atoms with van der Waals surface area (Å²) in [4.78, 5) is 13.2. The lowest BCUT2D eigenvalue weighted by Crippen LogP contribution is -2.48. The molecule has 4 heteroatoms. The Morgan fingerprint density at radius 2 is 2.27 bits per heavy atom. The van der Waals surface area contributed by atoms with Gasteiger partial charge in [-0.3, -0.25) is 9.69 Å². The van der Waals surface area contributed by atoms with E-state index < -0.39 is 5.97 Å². The number of carbonyl (C=O) groups is 1. The summed E-state index contributed by atoms with van der Waals surface area (Å²) in [6.07, 6.45) is 1.78. The van der Waals surface area contributed by atoms with Crippen molar-refractivity contribution >= 4 is 5.97 Å². The molecule has 0 saturated carbocycles. The van der Waals surface area contributed by atoms with Crippen LogP contribution in [0.4, 0.5) is 0 Å². The lowest BCUT2D eigenvalue weighted by Gasteiger charge is -2.37. The standard InChI is InChI=1S/C11H19NO3/c1-2-10(11(13)14)12-4-3-8-6-15-7-9(8)5-12/h8-10H,2-7H2,1H3,(H,13,14). The number of aliphatic carboxylic acids is 1. The molecule has 0 radical (unpaired) electrons. The van der Waals surface area contributed by atoms with Crippen LogP contribution in [-0.4, -0.2) is 48.3 Å². The third-order valence-corrected chi connectivity index (χ3v) is 3.70. The number of carboxylic acids is 1. The van der Waals surface area contributed by atoms with Gasteiger partial charge in [0.05, 0.1) is 6.61 Å². The average molecular weight is 213 g/mol. The van der Waals surface area contributed by atoms with Crippen molar-refractivity contribution in [2.45, 2.75) is 25.8 Å². The molecule has 4 nitrogen and oxygen atoms in total. The molecule has 2 fully saturated rings. The molecule has 2 aliphatic heterocycles.